The molecule has 14 heavy (non-hydrogen) atoms. The zero-order valence-electron chi connectivity index (χ0n) is 8.22. The molecule has 6 heteroatoms. The van der Waals surface area contributed by atoms with Gasteiger partial charge < -0.3 is 20.1 Å². The molecule has 6 nitrogen and oxygen atoms in total. The van der Waals surface area contributed by atoms with Crippen molar-refractivity contribution in [1.82, 2.24) is 20.1 Å². The van der Waals surface area contributed by atoms with Crippen molar-refractivity contribution in [2.75, 3.05) is 13.2 Å². The summed E-state index contributed by atoms with van der Waals surface area (Å²) in [4.78, 5) is 0. The summed E-state index contributed by atoms with van der Waals surface area (Å²) < 4.78 is 1.92. The van der Waals surface area contributed by atoms with Crippen LogP contribution in [0.25, 0.3) is 0 Å². The van der Waals surface area contributed by atoms with E-state index in [2.05, 4.69) is 15.5 Å². The predicted octanol–water partition coefficient (Wildman–Crippen LogP) is -1.26. The first-order valence-corrected chi connectivity index (χ1v) is 4.64. The number of hydrogen-bond donors (Lipinski definition) is 3. The fourth-order valence-electron chi connectivity index (χ4n) is 1.10. The molecule has 80 valence electrons. The summed E-state index contributed by atoms with van der Waals surface area (Å²) in [5.74, 6) is 0.831. The average molecular weight is 200 g/mol. The SMILES string of the molecule is CCn1cnnc1CNCC(O)CO. The summed E-state index contributed by atoms with van der Waals surface area (Å²) in [5.41, 5.74) is 0. The second kappa shape index (κ2) is 5.69. The zero-order chi connectivity index (χ0) is 10.4. The van der Waals surface area contributed by atoms with Crippen molar-refractivity contribution in [3.8, 4) is 0 Å². The van der Waals surface area contributed by atoms with Gasteiger partial charge in [0.15, 0.2) is 0 Å². The van der Waals surface area contributed by atoms with Crippen LogP contribution in [-0.2, 0) is 13.1 Å². The molecule has 1 aromatic heterocycles. The minimum atomic E-state index is -0.715. The molecule has 0 spiro atoms. The third-order valence-electron chi connectivity index (χ3n) is 1.91. The minimum absolute atomic E-state index is 0.229. The Labute approximate surface area is 82.6 Å². The maximum absolute atomic E-state index is 9.06. The van der Waals surface area contributed by atoms with Crippen LogP contribution in [0.4, 0.5) is 0 Å². The Morgan fingerprint density at radius 1 is 1.64 bits per heavy atom. The van der Waals surface area contributed by atoms with Crippen LogP contribution in [0.1, 0.15) is 12.7 Å². The lowest BCUT2D eigenvalue weighted by atomic mass is 10.4. The smallest absolute Gasteiger partial charge is 0.146 e. The molecule has 1 rings (SSSR count). The Hall–Kier alpha value is -0.980. The zero-order valence-corrected chi connectivity index (χ0v) is 8.22. The fourth-order valence-corrected chi connectivity index (χ4v) is 1.10. The lowest BCUT2D eigenvalue weighted by molar-refractivity contribution is 0.0940. The number of nitrogens with zero attached hydrogens (tertiary/aromatic N) is 3. The van der Waals surface area contributed by atoms with Crippen LogP contribution in [0.15, 0.2) is 6.33 Å². The molecular formula is C8H16N4O2. The van der Waals surface area contributed by atoms with Crippen molar-refractivity contribution in [2.24, 2.45) is 0 Å². The van der Waals surface area contributed by atoms with Crippen LogP contribution < -0.4 is 5.32 Å². The topological polar surface area (TPSA) is 83.2 Å². The van der Waals surface area contributed by atoms with Crippen LogP contribution in [-0.4, -0.2) is 44.2 Å². The van der Waals surface area contributed by atoms with Gasteiger partial charge in [-0.05, 0) is 6.92 Å². The second-order valence-electron chi connectivity index (χ2n) is 3.00. The van der Waals surface area contributed by atoms with Crippen LogP contribution in [0.3, 0.4) is 0 Å². The lowest BCUT2D eigenvalue weighted by Gasteiger charge is -2.08. The molecular weight excluding hydrogens is 184 g/mol. The van der Waals surface area contributed by atoms with E-state index in [1.165, 1.54) is 0 Å². The van der Waals surface area contributed by atoms with Crippen LogP contribution in [0.2, 0.25) is 0 Å². The van der Waals surface area contributed by atoms with Crippen LogP contribution >= 0.6 is 0 Å². The third-order valence-corrected chi connectivity index (χ3v) is 1.91. The number of aliphatic hydroxyl groups is 2. The van der Waals surface area contributed by atoms with Crippen molar-refractivity contribution < 1.29 is 10.2 Å². The summed E-state index contributed by atoms with van der Waals surface area (Å²) in [6, 6.07) is 0. The number of aryl methyl sites for hydroxylation is 1. The predicted molar refractivity (Wildman–Crippen MR) is 50.5 cm³/mol. The molecule has 1 aromatic rings. The van der Waals surface area contributed by atoms with Gasteiger partial charge in [-0.25, -0.2) is 0 Å². The fraction of sp³-hybridized carbons (Fsp3) is 0.750. The molecule has 0 saturated heterocycles. The minimum Gasteiger partial charge on any atom is -0.394 e. The van der Waals surface area contributed by atoms with E-state index >= 15 is 0 Å². The molecule has 0 aliphatic rings. The number of rotatable bonds is 6. The van der Waals surface area contributed by atoms with Gasteiger partial charge >= 0.3 is 0 Å². The Morgan fingerprint density at radius 2 is 2.43 bits per heavy atom. The van der Waals surface area contributed by atoms with Crippen molar-refractivity contribution in [3.05, 3.63) is 12.2 Å². The summed E-state index contributed by atoms with van der Waals surface area (Å²) in [6.45, 7) is 3.51. The van der Waals surface area contributed by atoms with Gasteiger partial charge in [0, 0.05) is 13.1 Å². The van der Waals surface area contributed by atoms with Gasteiger partial charge in [0.25, 0.3) is 0 Å². The Kier molecular flexibility index (Phi) is 4.51. The Bertz CT molecular complexity index is 264. The highest BCUT2D eigenvalue weighted by Gasteiger charge is 2.04. The lowest BCUT2D eigenvalue weighted by Crippen LogP contribution is -2.29. The summed E-state index contributed by atoms with van der Waals surface area (Å²) in [6.07, 6.45) is 0.951. The molecule has 1 heterocycles. The second-order valence-corrected chi connectivity index (χ2v) is 3.00. The molecule has 0 amide bonds. The molecule has 0 saturated carbocycles. The van der Waals surface area contributed by atoms with Crippen molar-refractivity contribution in [1.29, 1.82) is 0 Å². The Morgan fingerprint density at radius 3 is 3.07 bits per heavy atom. The highest BCUT2D eigenvalue weighted by Crippen LogP contribution is 1.93. The number of nitrogens with one attached hydrogen (secondary N) is 1. The molecule has 0 aliphatic carbocycles. The van der Waals surface area contributed by atoms with Crippen molar-refractivity contribution >= 4 is 0 Å². The molecule has 1 atom stereocenters. The van der Waals surface area contributed by atoms with E-state index in [1.54, 1.807) is 6.33 Å². The molecule has 3 N–H and O–H groups in total. The highest BCUT2D eigenvalue weighted by molar-refractivity contribution is 4.84. The van der Waals surface area contributed by atoms with E-state index in [0.29, 0.717) is 13.1 Å². The van der Waals surface area contributed by atoms with Crippen LogP contribution in [0, 0.1) is 0 Å². The number of hydrogen-bond acceptors (Lipinski definition) is 5. The standard InChI is InChI=1S/C8H16N4O2/c1-2-12-6-10-11-8(12)4-9-3-7(14)5-13/h6-7,9,13-14H,2-5H2,1H3. The van der Waals surface area contributed by atoms with Gasteiger partial charge in [-0.2, -0.15) is 0 Å². The first-order valence-electron chi connectivity index (χ1n) is 4.64. The van der Waals surface area contributed by atoms with Crippen molar-refractivity contribution in [2.45, 2.75) is 26.1 Å². The van der Waals surface area contributed by atoms with Crippen molar-refractivity contribution in [3.63, 3.8) is 0 Å². The van der Waals surface area contributed by atoms with Gasteiger partial charge in [-0.1, -0.05) is 0 Å². The van der Waals surface area contributed by atoms with Gasteiger partial charge in [-0.3, -0.25) is 0 Å². The monoisotopic (exact) mass is 200 g/mol. The van der Waals surface area contributed by atoms with Gasteiger partial charge in [0.2, 0.25) is 0 Å². The quantitative estimate of drug-likeness (QED) is 0.534. The normalized spacial score (nSPS) is 13.1. The van der Waals surface area contributed by atoms with E-state index in [9.17, 15) is 0 Å². The van der Waals surface area contributed by atoms with E-state index in [0.717, 1.165) is 12.4 Å². The molecule has 1 unspecified atom stereocenters. The molecule has 0 bridgehead atoms. The van der Waals surface area contributed by atoms with E-state index < -0.39 is 6.10 Å². The average Bonchev–Trinajstić information content (AvgIpc) is 2.65. The maximum Gasteiger partial charge on any atom is 0.146 e. The van der Waals surface area contributed by atoms with Gasteiger partial charge in [0.1, 0.15) is 12.2 Å². The maximum atomic E-state index is 9.06. The molecule has 0 radical (unpaired) electrons. The summed E-state index contributed by atoms with van der Waals surface area (Å²) in [7, 11) is 0. The van der Waals surface area contributed by atoms with Gasteiger partial charge in [-0.15, -0.1) is 10.2 Å². The van der Waals surface area contributed by atoms with E-state index in [-0.39, 0.29) is 6.61 Å². The largest absolute Gasteiger partial charge is 0.394 e. The highest BCUT2D eigenvalue weighted by atomic mass is 16.3. The van der Waals surface area contributed by atoms with Gasteiger partial charge in [0.05, 0.1) is 19.3 Å². The summed E-state index contributed by atoms with van der Waals surface area (Å²) in [5, 5.41) is 28.3. The molecule has 0 fully saturated rings. The third kappa shape index (κ3) is 3.06. The van der Waals surface area contributed by atoms with E-state index in [1.807, 2.05) is 11.5 Å². The van der Waals surface area contributed by atoms with Crippen LogP contribution in [0.5, 0.6) is 0 Å². The Balaban J connectivity index is 2.31. The number of aromatic nitrogens is 3. The summed E-state index contributed by atoms with van der Waals surface area (Å²) >= 11 is 0. The number of aliphatic hydroxyl groups excluding tert-OH is 2. The van der Waals surface area contributed by atoms with E-state index in [4.69, 9.17) is 10.2 Å². The molecule has 0 aromatic carbocycles. The first-order chi connectivity index (χ1) is 6.77. The molecule has 0 aliphatic heterocycles. The first kappa shape index (κ1) is 11.1.